The third-order valence-corrected chi connectivity index (χ3v) is 3.69. The molecule has 1 atom stereocenters. The van der Waals surface area contributed by atoms with E-state index in [9.17, 15) is 10.1 Å². The zero-order valence-electron chi connectivity index (χ0n) is 11.7. The van der Waals surface area contributed by atoms with Gasteiger partial charge in [-0.2, -0.15) is 5.26 Å². The number of carbonyl (C=O) groups excluding carboxylic acids is 1. The predicted molar refractivity (Wildman–Crippen MR) is 75.5 cm³/mol. The van der Waals surface area contributed by atoms with Crippen molar-refractivity contribution in [1.82, 2.24) is 0 Å². The number of hydrogen-bond donors (Lipinski definition) is 0. The number of nitriles is 1. The maximum Gasteiger partial charge on any atom is 0.161 e. The maximum atomic E-state index is 12.4. The molecular formula is C17H19NO. The average Bonchev–Trinajstić information content (AvgIpc) is 2.33. The molecule has 1 aromatic carbocycles. The Hall–Kier alpha value is -1.88. The van der Waals surface area contributed by atoms with Crippen molar-refractivity contribution in [2.24, 2.45) is 5.41 Å². The number of benzene rings is 1. The number of hydrogen-bond acceptors (Lipinski definition) is 2. The van der Waals surface area contributed by atoms with E-state index in [4.69, 9.17) is 0 Å². The van der Waals surface area contributed by atoms with Gasteiger partial charge in [0.05, 0.1) is 12.0 Å². The van der Waals surface area contributed by atoms with Crippen LogP contribution in [0.5, 0.6) is 0 Å². The first kappa shape index (κ1) is 13.5. The van der Waals surface area contributed by atoms with Crippen LogP contribution in [0.3, 0.4) is 0 Å². The lowest BCUT2D eigenvalue weighted by Gasteiger charge is -2.32. The largest absolute Gasteiger partial charge is 0.294 e. The van der Waals surface area contributed by atoms with Crippen molar-refractivity contribution in [3.05, 3.63) is 47.0 Å². The molecule has 1 aliphatic rings. The summed E-state index contributed by atoms with van der Waals surface area (Å²) in [5.74, 6) is -0.297. The van der Waals surface area contributed by atoms with E-state index in [2.05, 4.69) is 19.9 Å². The first-order chi connectivity index (χ1) is 8.94. The van der Waals surface area contributed by atoms with E-state index in [1.54, 1.807) is 0 Å². The zero-order chi connectivity index (χ0) is 14.0. The van der Waals surface area contributed by atoms with Gasteiger partial charge < -0.3 is 0 Å². The molecule has 0 bridgehead atoms. The molecule has 0 aromatic heterocycles. The first-order valence-corrected chi connectivity index (χ1v) is 6.62. The van der Waals surface area contributed by atoms with Gasteiger partial charge in [0.1, 0.15) is 0 Å². The van der Waals surface area contributed by atoms with Crippen LogP contribution < -0.4 is 0 Å². The van der Waals surface area contributed by atoms with Crippen LogP contribution >= 0.6 is 0 Å². The van der Waals surface area contributed by atoms with Gasteiger partial charge in [0, 0.05) is 12.0 Å². The minimum absolute atomic E-state index is 0.0152. The fourth-order valence-electron chi connectivity index (χ4n) is 3.00. The molecule has 0 spiro atoms. The topological polar surface area (TPSA) is 40.9 Å². The molecule has 2 nitrogen and oxygen atoms in total. The van der Waals surface area contributed by atoms with Gasteiger partial charge in [0.15, 0.2) is 5.78 Å². The van der Waals surface area contributed by atoms with Crippen LogP contribution in [0.15, 0.2) is 41.5 Å². The molecule has 0 radical (unpaired) electrons. The lowest BCUT2D eigenvalue weighted by molar-refractivity contribution is -0.118. The standard InChI is InChI=1S/C17H19NO/c1-12-9-17(2,3)10-15(19)16(12)14(11-18)13-7-5-4-6-8-13/h4-8,14H,9-10H2,1-3H3. The van der Waals surface area contributed by atoms with Crippen LogP contribution in [0.25, 0.3) is 0 Å². The Morgan fingerprint density at radius 3 is 2.37 bits per heavy atom. The van der Waals surface area contributed by atoms with Gasteiger partial charge >= 0.3 is 0 Å². The van der Waals surface area contributed by atoms with Gasteiger partial charge in [0.25, 0.3) is 0 Å². The lowest BCUT2D eigenvalue weighted by Crippen LogP contribution is -2.27. The summed E-state index contributed by atoms with van der Waals surface area (Å²) in [7, 11) is 0. The Bertz CT molecular complexity index is 561. The molecule has 1 aromatic rings. The molecule has 1 aliphatic carbocycles. The van der Waals surface area contributed by atoms with E-state index in [-0.39, 0.29) is 11.2 Å². The second-order valence-electron chi connectivity index (χ2n) is 6.11. The van der Waals surface area contributed by atoms with Crippen molar-refractivity contribution < 1.29 is 4.79 Å². The van der Waals surface area contributed by atoms with Crippen molar-refractivity contribution in [2.75, 3.05) is 0 Å². The summed E-state index contributed by atoms with van der Waals surface area (Å²) in [5, 5.41) is 9.46. The van der Waals surface area contributed by atoms with Gasteiger partial charge in [-0.25, -0.2) is 0 Å². The number of ketones is 1. The van der Waals surface area contributed by atoms with E-state index in [0.29, 0.717) is 12.0 Å². The quantitative estimate of drug-likeness (QED) is 0.799. The number of carbonyl (C=O) groups is 1. The first-order valence-electron chi connectivity index (χ1n) is 6.62. The summed E-state index contributed by atoms with van der Waals surface area (Å²) in [6, 6.07) is 11.9. The highest BCUT2D eigenvalue weighted by Crippen LogP contribution is 2.41. The summed E-state index contributed by atoms with van der Waals surface area (Å²) < 4.78 is 0. The van der Waals surface area contributed by atoms with Crippen LogP contribution in [0, 0.1) is 16.7 Å². The average molecular weight is 253 g/mol. The third-order valence-electron chi connectivity index (χ3n) is 3.69. The van der Waals surface area contributed by atoms with Crippen molar-refractivity contribution in [3.8, 4) is 6.07 Å². The molecule has 2 heteroatoms. The summed E-state index contributed by atoms with van der Waals surface area (Å²) in [4.78, 5) is 12.4. The zero-order valence-corrected chi connectivity index (χ0v) is 11.7. The Morgan fingerprint density at radius 2 is 1.84 bits per heavy atom. The highest BCUT2D eigenvalue weighted by atomic mass is 16.1. The molecule has 1 unspecified atom stereocenters. The van der Waals surface area contributed by atoms with Crippen LogP contribution in [-0.4, -0.2) is 5.78 Å². The van der Waals surface area contributed by atoms with Gasteiger partial charge in [-0.15, -0.1) is 0 Å². The number of Topliss-reactive ketones (excluding diaryl/α,β-unsaturated/α-hetero) is 1. The van der Waals surface area contributed by atoms with E-state index in [1.165, 1.54) is 0 Å². The van der Waals surface area contributed by atoms with Crippen molar-refractivity contribution in [3.63, 3.8) is 0 Å². The molecule has 0 saturated heterocycles. The molecule has 0 fully saturated rings. The molecular weight excluding hydrogens is 234 g/mol. The number of allylic oxidation sites excluding steroid dienone is 2. The third kappa shape index (κ3) is 2.76. The van der Waals surface area contributed by atoms with Crippen LogP contribution in [0.2, 0.25) is 0 Å². The molecule has 19 heavy (non-hydrogen) atoms. The normalized spacial score (nSPS) is 20.0. The highest BCUT2D eigenvalue weighted by molar-refractivity contribution is 5.99. The van der Waals surface area contributed by atoms with E-state index < -0.39 is 5.92 Å². The Balaban J connectivity index is 2.45. The van der Waals surface area contributed by atoms with Gasteiger partial charge in [-0.05, 0) is 24.3 Å². The molecule has 98 valence electrons. The molecule has 0 amide bonds. The minimum atomic E-state index is -0.426. The fourth-order valence-corrected chi connectivity index (χ4v) is 3.00. The van der Waals surface area contributed by atoms with Crippen molar-refractivity contribution >= 4 is 5.78 Å². The minimum Gasteiger partial charge on any atom is -0.294 e. The SMILES string of the molecule is CC1=C(C(C#N)c2ccccc2)C(=O)CC(C)(C)C1. The molecule has 2 rings (SSSR count). The lowest BCUT2D eigenvalue weighted by atomic mass is 9.70. The van der Waals surface area contributed by atoms with Crippen LogP contribution in [-0.2, 0) is 4.79 Å². The molecule has 0 heterocycles. The molecule has 0 saturated carbocycles. The highest BCUT2D eigenvalue weighted by Gasteiger charge is 2.35. The summed E-state index contributed by atoms with van der Waals surface area (Å²) >= 11 is 0. The molecule has 0 aliphatic heterocycles. The van der Waals surface area contributed by atoms with Crippen molar-refractivity contribution in [1.29, 1.82) is 5.26 Å². The van der Waals surface area contributed by atoms with Gasteiger partial charge in [-0.3, -0.25) is 4.79 Å². The smallest absolute Gasteiger partial charge is 0.161 e. The van der Waals surface area contributed by atoms with E-state index >= 15 is 0 Å². The monoisotopic (exact) mass is 253 g/mol. The maximum absolute atomic E-state index is 12.4. The number of rotatable bonds is 2. The van der Waals surface area contributed by atoms with Gasteiger partial charge in [0.2, 0.25) is 0 Å². The van der Waals surface area contributed by atoms with E-state index in [0.717, 1.165) is 17.6 Å². The van der Waals surface area contributed by atoms with Gasteiger partial charge in [-0.1, -0.05) is 49.8 Å². The Kier molecular flexibility index (Phi) is 3.57. The fraction of sp³-hybridized carbons (Fsp3) is 0.412. The second-order valence-corrected chi connectivity index (χ2v) is 6.11. The van der Waals surface area contributed by atoms with Crippen LogP contribution in [0.4, 0.5) is 0 Å². The summed E-state index contributed by atoms with van der Waals surface area (Å²) in [6.45, 7) is 6.20. The van der Waals surface area contributed by atoms with Crippen molar-refractivity contribution in [2.45, 2.75) is 39.5 Å². The predicted octanol–water partition coefficient (Wildman–Crippen LogP) is 4.00. The van der Waals surface area contributed by atoms with E-state index in [1.807, 2.05) is 37.3 Å². The second kappa shape index (κ2) is 5.01. The number of nitrogens with zero attached hydrogens (tertiary/aromatic N) is 1. The Morgan fingerprint density at radius 1 is 1.21 bits per heavy atom. The molecule has 0 N–H and O–H groups in total. The summed E-state index contributed by atoms with van der Waals surface area (Å²) in [6.07, 6.45) is 1.42. The summed E-state index contributed by atoms with van der Waals surface area (Å²) in [5.41, 5.74) is 2.71. The Labute approximate surface area is 114 Å². The van der Waals surface area contributed by atoms with Crippen LogP contribution in [0.1, 0.15) is 45.1 Å².